The molecule has 0 aliphatic rings. The Labute approximate surface area is 116 Å². The van der Waals surface area contributed by atoms with Crippen molar-refractivity contribution in [1.82, 2.24) is 18.7 Å². The largest absolute Gasteiger partial charge is 0.356 e. The third-order valence-electron chi connectivity index (χ3n) is 3.33. The molecule has 0 amide bonds. The first-order valence-corrected chi connectivity index (χ1v) is 6.93. The molecule has 0 spiro atoms. The van der Waals surface area contributed by atoms with E-state index < -0.39 is 0 Å². The second-order valence-electron chi connectivity index (χ2n) is 4.89. The quantitative estimate of drug-likeness (QED) is 0.873. The van der Waals surface area contributed by atoms with Crippen LogP contribution >= 0.6 is 0 Å². The van der Waals surface area contributed by atoms with Crippen LogP contribution in [0.15, 0.2) is 9.59 Å². The van der Waals surface area contributed by atoms with E-state index in [1.165, 1.54) is 11.6 Å². The SMILES string of the molecule is CCCNc1nc2c(c(=O)n(C)c(=O)n2C)n1CCC. The summed E-state index contributed by atoms with van der Waals surface area (Å²) in [5, 5.41) is 3.22. The van der Waals surface area contributed by atoms with Gasteiger partial charge in [-0.15, -0.1) is 0 Å². The second kappa shape index (κ2) is 5.52. The molecule has 0 bridgehead atoms. The zero-order valence-electron chi connectivity index (χ0n) is 12.4. The average Bonchev–Trinajstić information content (AvgIpc) is 2.80. The Hall–Kier alpha value is -2.05. The minimum Gasteiger partial charge on any atom is -0.356 e. The molecule has 0 aliphatic heterocycles. The van der Waals surface area contributed by atoms with Crippen LogP contribution in [0, 0.1) is 0 Å². The summed E-state index contributed by atoms with van der Waals surface area (Å²) in [4.78, 5) is 28.7. The van der Waals surface area contributed by atoms with Crippen molar-refractivity contribution in [2.75, 3.05) is 11.9 Å². The van der Waals surface area contributed by atoms with Gasteiger partial charge in [-0.3, -0.25) is 13.9 Å². The number of nitrogens with one attached hydrogen (secondary N) is 1. The molecule has 0 aromatic carbocycles. The molecule has 2 aromatic heterocycles. The highest BCUT2D eigenvalue weighted by Gasteiger charge is 2.18. The van der Waals surface area contributed by atoms with E-state index in [1.807, 2.05) is 11.5 Å². The highest BCUT2D eigenvalue weighted by atomic mass is 16.2. The van der Waals surface area contributed by atoms with Crippen molar-refractivity contribution < 1.29 is 0 Å². The Morgan fingerprint density at radius 2 is 1.80 bits per heavy atom. The van der Waals surface area contributed by atoms with Gasteiger partial charge in [0.15, 0.2) is 11.2 Å². The van der Waals surface area contributed by atoms with E-state index in [0.29, 0.717) is 23.7 Å². The number of nitrogens with zero attached hydrogens (tertiary/aromatic N) is 4. The maximum Gasteiger partial charge on any atom is 0.332 e. The summed E-state index contributed by atoms with van der Waals surface area (Å²) < 4.78 is 4.41. The lowest BCUT2D eigenvalue weighted by Gasteiger charge is -2.08. The Balaban J connectivity index is 2.80. The maximum absolute atomic E-state index is 12.3. The van der Waals surface area contributed by atoms with Gasteiger partial charge in [0, 0.05) is 27.2 Å². The molecule has 0 unspecified atom stereocenters. The Kier molecular flexibility index (Phi) is 3.96. The fourth-order valence-corrected chi connectivity index (χ4v) is 2.26. The van der Waals surface area contributed by atoms with Crippen molar-refractivity contribution in [3.05, 3.63) is 20.8 Å². The minimum atomic E-state index is -0.356. The molecular formula is C13H21N5O2. The van der Waals surface area contributed by atoms with Gasteiger partial charge in [-0.25, -0.2) is 4.79 Å². The fourth-order valence-electron chi connectivity index (χ4n) is 2.26. The first-order valence-electron chi connectivity index (χ1n) is 6.93. The lowest BCUT2D eigenvalue weighted by molar-refractivity contribution is 0.677. The maximum atomic E-state index is 12.3. The summed E-state index contributed by atoms with van der Waals surface area (Å²) in [5.41, 5.74) is 0.263. The van der Waals surface area contributed by atoms with Crippen molar-refractivity contribution in [1.29, 1.82) is 0 Å². The Morgan fingerprint density at radius 1 is 1.10 bits per heavy atom. The molecule has 7 heteroatoms. The van der Waals surface area contributed by atoms with Crippen LogP contribution in [0.3, 0.4) is 0 Å². The molecule has 0 atom stereocenters. The Morgan fingerprint density at radius 3 is 2.40 bits per heavy atom. The van der Waals surface area contributed by atoms with Crippen molar-refractivity contribution in [3.8, 4) is 0 Å². The standard InChI is InChI=1S/C13H21N5O2/c1-5-7-14-12-15-10-9(18(12)8-6-2)11(19)17(4)13(20)16(10)3/h5-8H2,1-4H3,(H,14,15). The van der Waals surface area contributed by atoms with E-state index in [0.717, 1.165) is 24.0 Å². The predicted molar refractivity (Wildman–Crippen MR) is 79.3 cm³/mol. The number of aryl methyl sites for hydroxylation is 2. The predicted octanol–water partition coefficient (Wildman–Crippen LogP) is 0.666. The zero-order valence-corrected chi connectivity index (χ0v) is 12.4. The zero-order chi connectivity index (χ0) is 14.9. The van der Waals surface area contributed by atoms with Gasteiger partial charge in [0.2, 0.25) is 5.95 Å². The number of rotatable bonds is 5. The normalized spacial score (nSPS) is 11.2. The molecule has 2 aromatic rings. The summed E-state index contributed by atoms with van der Waals surface area (Å²) in [6.45, 7) is 5.58. The van der Waals surface area contributed by atoms with Gasteiger partial charge in [0.25, 0.3) is 5.56 Å². The van der Waals surface area contributed by atoms with E-state index in [4.69, 9.17) is 0 Å². The number of aromatic nitrogens is 4. The van der Waals surface area contributed by atoms with Crippen molar-refractivity contribution in [3.63, 3.8) is 0 Å². The van der Waals surface area contributed by atoms with Gasteiger partial charge in [-0.1, -0.05) is 13.8 Å². The lowest BCUT2D eigenvalue weighted by Crippen LogP contribution is -2.37. The number of fused-ring (bicyclic) bond motifs is 1. The molecule has 0 aliphatic carbocycles. The number of hydrogen-bond donors (Lipinski definition) is 1. The second-order valence-corrected chi connectivity index (χ2v) is 4.89. The van der Waals surface area contributed by atoms with Crippen molar-refractivity contribution >= 4 is 17.1 Å². The summed E-state index contributed by atoms with van der Waals surface area (Å²) >= 11 is 0. The molecule has 0 fully saturated rings. The van der Waals surface area contributed by atoms with Crippen LogP contribution in [0.5, 0.6) is 0 Å². The first-order chi connectivity index (χ1) is 9.52. The molecule has 110 valence electrons. The van der Waals surface area contributed by atoms with Crippen LogP contribution in [0.25, 0.3) is 11.2 Å². The van der Waals surface area contributed by atoms with Crippen LogP contribution < -0.4 is 16.6 Å². The van der Waals surface area contributed by atoms with Gasteiger partial charge in [-0.05, 0) is 12.8 Å². The van der Waals surface area contributed by atoms with Crippen molar-refractivity contribution in [2.24, 2.45) is 14.1 Å². The number of imidazole rings is 1. The molecule has 7 nitrogen and oxygen atoms in total. The third kappa shape index (κ3) is 2.13. The van der Waals surface area contributed by atoms with Gasteiger partial charge in [0.05, 0.1) is 0 Å². The molecule has 0 saturated heterocycles. The molecule has 2 rings (SSSR count). The molecular weight excluding hydrogens is 258 g/mol. The smallest absolute Gasteiger partial charge is 0.332 e. The number of anilines is 1. The average molecular weight is 279 g/mol. The third-order valence-corrected chi connectivity index (χ3v) is 3.33. The van der Waals surface area contributed by atoms with Crippen molar-refractivity contribution in [2.45, 2.75) is 33.2 Å². The minimum absolute atomic E-state index is 0.298. The summed E-state index contributed by atoms with van der Waals surface area (Å²) in [6, 6.07) is 0. The van der Waals surface area contributed by atoms with Crippen LogP contribution in [0.1, 0.15) is 26.7 Å². The molecule has 1 N–H and O–H groups in total. The first kappa shape index (κ1) is 14.4. The van der Waals surface area contributed by atoms with Crippen LogP contribution in [-0.4, -0.2) is 25.2 Å². The lowest BCUT2D eigenvalue weighted by atomic mass is 10.4. The summed E-state index contributed by atoms with van der Waals surface area (Å²) in [5.74, 6) is 0.655. The van der Waals surface area contributed by atoms with Crippen LogP contribution in [0.2, 0.25) is 0 Å². The Bertz CT molecular complexity index is 738. The monoisotopic (exact) mass is 279 g/mol. The van der Waals surface area contributed by atoms with E-state index >= 15 is 0 Å². The van der Waals surface area contributed by atoms with Gasteiger partial charge in [-0.2, -0.15) is 4.98 Å². The summed E-state index contributed by atoms with van der Waals surface area (Å²) in [6.07, 6.45) is 1.85. The van der Waals surface area contributed by atoms with E-state index in [-0.39, 0.29) is 11.2 Å². The van der Waals surface area contributed by atoms with E-state index in [9.17, 15) is 9.59 Å². The number of hydrogen-bond acceptors (Lipinski definition) is 4. The topological polar surface area (TPSA) is 73.8 Å². The highest BCUT2D eigenvalue weighted by molar-refractivity contribution is 5.74. The van der Waals surface area contributed by atoms with E-state index in [2.05, 4.69) is 17.2 Å². The van der Waals surface area contributed by atoms with Gasteiger partial charge in [0.1, 0.15) is 0 Å². The van der Waals surface area contributed by atoms with Gasteiger partial charge >= 0.3 is 5.69 Å². The molecule has 20 heavy (non-hydrogen) atoms. The highest BCUT2D eigenvalue weighted by Crippen LogP contribution is 2.15. The molecule has 2 heterocycles. The fraction of sp³-hybridized carbons (Fsp3) is 0.615. The molecule has 0 saturated carbocycles. The van der Waals surface area contributed by atoms with E-state index in [1.54, 1.807) is 7.05 Å². The molecule has 0 radical (unpaired) electrons. The summed E-state index contributed by atoms with van der Waals surface area (Å²) in [7, 11) is 3.13. The van der Waals surface area contributed by atoms with Crippen LogP contribution in [-0.2, 0) is 20.6 Å². The van der Waals surface area contributed by atoms with Crippen LogP contribution in [0.4, 0.5) is 5.95 Å². The van der Waals surface area contributed by atoms with Gasteiger partial charge < -0.3 is 9.88 Å².